The van der Waals surface area contributed by atoms with Gasteiger partial charge in [-0.2, -0.15) is 4.31 Å². The Morgan fingerprint density at radius 1 is 0.981 bits per heavy atom. The first-order valence-corrected chi connectivity index (χ1v) is 19.4. The molecule has 290 valence electrons. The highest BCUT2D eigenvalue weighted by atomic mass is 31.3. The van der Waals surface area contributed by atoms with Crippen LogP contribution in [0, 0.1) is 0 Å². The molecular weight excluding hydrogens is 767 g/mol. The van der Waals surface area contributed by atoms with E-state index in [1.54, 1.807) is 6.08 Å². The van der Waals surface area contributed by atoms with Gasteiger partial charge in [0, 0.05) is 31.1 Å². The molecule has 3 aliphatic heterocycles. The summed E-state index contributed by atoms with van der Waals surface area (Å²) in [5.41, 5.74) is 19.3. The molecule has 26 nitrogen and oxygen atoms in total. The first kappa shape index (κ1) is 40.4. The zero-order valence-corrected chi connectivity index (χ0v) is 29.2. The third kappa shape index (κ3) is 9.64. The number of aromatic nitrogens is 4. The van der Waals surface area contributed by atoms with Crippen molar-refractivity contribution in [3.63, 3.8) is 0 Å². The average molecular weight is 804 g/mol. The minimum Gasteiger partial charge on any atom is -0.387 e. The minimum atomic E-state index is -5.54. The molecule has 5 rings (SSSR count). The molecule has 0 bridgehead atoms. The van der Waals surface area contributed by atoms with Crippen LogP contribution in [-0.2, 0) is 50.7 Å². The maximum absolute atomic E-state index is 12.8. The Balaban J connectivity index is 1.23. The Morgan fingerprint density at radius 3 is 2.31 bits per heavy atom. The molecule has 3 aliphatic rings. The number of imidazole rings is 1. The quantitative estimate of drug-likeness (QED) is 0.0430. The van der Waals surface area contributed by atoms with Crippen LogP contribution in [0.1, 0.15) is 12.6 Å². The predicted molar refractivity (Wildman–Crippen MR) is 169 cm³/mol. The molecule has 13 N–H and O–H groups in total. The van der Waals surface area contributed by atoms with Crippen LogP contribution in [0.25, 0.3) is 11.2 Å². The first-order valence-electron chi connectivity index (χ1n) is 14.9. The Morgan fingerprint density at radius 2 is 1.65 bits per heavy atom. The first-order chi connectivity index (χ1) is 24.4. The number of hydroxylamine groups is 1. The third-order valence-electron chi connectivity index (χ3n) is 7.55. The zero-order chi connectivity index (χ0) is 38.0. The summed E-state index contributed by atoms with van der Waals surface area (Å²) in [5, 5.41) is 21.8. The number of nitrogens with two attached hydrogens (primary N) is 3. The van der Waals surface area contributed by atoms with E-state index < -0.39 is 91.7 Å². The van der Waals surface area contributed by atoms with E-state index in [2.05, 4.69) is 24.7 Å². The van der Waals surface area contributed by atoms with Crippen molar-refractivity contribution >= 4 is 46.4 Å². The molecule has 2 aromatic heterocycles. The maximum Gasteiger partial charge on any atom is 0.481 e. The van der Waals surface area contributed by atoms with Gasteiger partial charge in [-0.15, -0.1) is 0 Å². The number of fused-ring (bicyclic) bond motifs is 1. The normalized spacial score (nSPS) is 30.4. The van der Waals surface area contributed by atoms with Gasteiger partial charge in [0.25, 0.3) is 0 Å². The van der Waals surface area contributed by atoms with E-state index in [9.17, 15) is 48.3 Å². The number of phosphoric ester groups is 3. The fraction of sp³-hybridized carbons (Fsp3) is 0.565. The standard InChI is InChI=1S/C23H36N9O17P3/c24-3-4-30-47-17-13(46-22(16(17)34)31-5-1-2-11(6-31)20(26)35)8-44-52(41,42)49-51(39,40)43-7-12-15(33)18(48-50(36,37)38)23(45-12)32-10-29-14-19(25)27-9-28-21(14)32/h1,5-6,9-10,12-13,15-18,22-23,30,33-34H,2-4,7-8,24H2,(H2,26,35)(H,39,40)(H,41,42)(H2,25,27,28)(H2,36,37,38)/t12-,13-,15-,16-,17-,18-,22-,23-/m1/s1. The molecule has 2 aromatic rings. The van der Waals surface area contributed by atoms with Crippen molar-refractivity contribution in [3.05, 3.63) is 36.7 Å². The van der Waals surface area contributed by atoms with Crippen LogP contribution >= 0.6 is 23.5 Å². The number of carbonyl (C=O) groups is 1. The lowest BCUT2D eigenvalue weighted by molar-refractivity contribution is -0.115. The van der Waals surface area contributed by atoms with Gasteiger partial charge in [-0.1, -0.05) is 6.08 Å². The molecule has 5 heterocycles. The van der Waals surface area contributed by atoms with E-state index in [-0.39, 0.29) is 42.1 Å². The average Bonchev–Trinajstić information content (AvgIpc) is 3.72. The lowest BCUT2D eigenvalue weighted by Crippen LogP contribution is -2.44. The molecular formula is C23H36N9O17P3. The number of anilines is 1. The van der Waals surface area contributed by atoms with Crippen molar-refractivity contribution in [1.29, 1.82) is 0 Å². The fourth-order valence-corrected chi connectivity index (χ4v) is 7.92. The van der Waals surface area contributed by atoms with Crippen LogP contribution in [0.15, 0.2) is 36.7 Å². The predicted octanol–water partition coefficient (Wildman–Crippen LogP) is -3.08. The van der Waals surface area contributed by atoms with Gasteiger partial charge < -0.3 is 61.4 Å². The van der Waals surface area contributed by atoms with E-state index in [1.807, 2.05) is 0 Å². The maximum atomic E-state index is 12.8. The van der Waals surface area contributed by atoms with Crippen molar-refractivity contribution in [2.75, 3.05) is 32.0 Å². The van der Waals surface area contributed by atoms with Crippen LogP contribution in [0.2, 0.25) is 0 Å². The number of allylic oxidation sites excluding steroid dienone is 1. The van der Waals surface area contributed by atoms with Crippen LogP contribution in [0.3, 0.4) is 0 Å². The van der Waals surface area contributed by atoms with Gasteiger partial charge in [0.1, 0.15) is 48.5 Å². The molecule has 29 heteroatoms. The van der Waals surface area contributed by atoms with E-state index in [0.717, 1.165) is 17.2 Å². The molecule has 0 aliphatic carbocycles. The monoisotopic (exact) mass is 803 g/mol. The number of phosphoric acid groups is 3. The highest BCUT2D eigenvalue weighted by Crippen LogP contribution is 2.61. The Hall–Kier alpha value is -2.81. The lowest BCUT2D eigenvalue weighted by Gasteiger charge is -2.28. The van der Waals surface area contributed by atoms with Crippen molar-refractivity contribution in [2.24, 2.45) is 11.5 Å². The molecule has 0 saturated carbocycles. The smallest absolute Gasteiger partial charge is 0.387 e. The summed E-state index contributed by atoms with van der Waals surface area (Å²) in [6.45, 7) is -1.69. The molecule has 10 atom stereocenters. The second kappa shape index (κ2) is 16.3. The number of carbonyl (C=O) groups excluding carboxylic acids is 1. The number of nitrogen functional groups attached to an aromatic ring is 1. The summed E-state index contributed by atoms with van der Waals surface area (Å²) in [6.07, 6.45) is -5.57. The van der Waals surface area contributed by atoms with E-state index in [1.165, 1.54) is 17.3 Å². The summed E-state index contributed by atoms with van der Waals surface area (Å²) < 4.78 is 68.5. The van der Waals surface area contributed by atoms with Gasteiger partial charge in [0.05, 0.1) is 19.5 Å². The zero-order valence-electron chi connectivity index (χ0n) is 26.5. The van der Waals surface area contributed by atoms with Gasteiger partial charge in [-0.05, 0) is 6.42 Å². The summed E-state index contributed by atoms with van der Waals surface area (Å²) in [5.74, 6) is -0.774. The summed E-state index contributed by atoms with van der Waals surface area (Å²) in [6, 6.07) is 0. The number of hydrogen-bond donors (Lipinski definition) is 10. The number of aliphatic hydroxyl groups excluding tert-OH is 2. The highest BCUT2D eigenvalue weighted by molar-refractivity contribution is 7.61. The molecule has 2 fully saturated rings. The number of primary amides is 1. The van der Waals surface area contributed by atoms with Gasteiger partial charge in [-0.25, -0.2) is 34.1 Å². The highest BCUT2D eigenvalue weighted by Gasteiger charge is 2.51. The van der Waals surface area contributed by atoms with Crippen molar-refractivity contribution < 1.29 is 80.5 Å². The number of ether oxygens (including phenoxy) is 2. The number of rotatable bonds is 17. The lowest BCUT2D eigenvalue weighted by atomic mass is 10.1. The van der Waals surface area contributed by atoms with Crippen molar-refractivity contribution in [1.82, 2.24) is 29.9 Å². The van der Waals surface area contributed by atoms with E-state index >= 15 is 0 Å². The second-order valence-corrected chi connectivity index (χ2v) is 15.4. The Kier molecular flexibility index (Phi) is 12.6. The van der Waals surface area contributed by atoms with Crippen molar-refractivity contribution in [2.45, 2.75) is 55.5 Å². The largest absolute Gasteiger partial charge is 0.481 e. The summed E-state index contributed by atoms with van der Waals surface area (Å²) in [7, 11) is -16.3. The van der Waals surface area contributed by atoms with Crippen LogP contribution < -0.4 is 22.7 Å². The third-order valence-corrected chi connectivity index (χ3v) is 10.7. The number of nitrogens with one attached hydrogen (secondary N) is 1. The second-order valence-electron chi connectivity index (χ2n) is 11.2. The molecule has 0 radical (unpaired) electrons. The molecule has 52 heavy (non-hydrogen) atoms. The number of amides is 1. The fourth-order valence-electron chi connectivity index (χ4n) is 5.28. The number of aliphatic hydroxyl groups is 2. The number of nitrogens with zero attached hydrogens (tertiary/aromatic N) is 5. The van der Waals surface area contributed by atoms with Crippen LogP contribution in [0.4, 0.5) is 5.82 Å². The number of hydrogen-bond acceptors (Lipinski definition) is 20. The Bertz CT molecular complexity index is 1810. The van der Waals surface area contributed by atoms with Gasteiger partial charge in [0.2, 0.25) is 5.91 Å². The molecule has 2 unspecified atom stereocenters. The van der Waals surface area contributed by atoms with Crippen LogP contribution in [0.5, 0.6) is 0 Å². The van der Waals surface area contributed by atoms with Crippen LogP contribution in [-0.4, -0.2) is 129 Å². The molecule has 1 amide bonds. The SMILES string of the molecule is NCCNO[C@H]1[C@@H](O)[C@H](N2C=CCC(C(N)=O)=C2)O[C@@H]1COP(=O)(O)OP(=O)(O)OC[C@H]1O[C@@H](n2cnc3c(N)ncnc32)[C@H](OP(=O)(O)O)[C@@H]1O. The molecule has 0 aromatic carbocycles. The van der Waals surface area contributed by atoms with E-state index in [0.29, 0.717) is 0 Å². The van der Waals surface area contributed by atoms with Gasteiger partial charge in [-0.3, -0.25) is 27.8 Å². The summed E-state index contributed by atoms with van der Waals surface area (Å²) >= 11 is 0. The van der Waals surface area contributed by atoms with Crippen molar-refractivity contribution in [3.8, 4) is 0 Å². The van der Waals surface area contributed by atoms with Gasteiger partial charge in [0.15, 0.2) is 23.9 Å². The van der Waals surface area contributed by atoms with Gasteiger partial charge >= 0.3 is 23.5 Å². The summed E-state index contributed by atoms with van der Waals surface area (Å²) in [4.78, 5) is 69.7. The topological polar surface area (TPSA) is 391 Å². The minimum absolute atomic E-state index is 0.00672. The molecule has 0 spiro atoms. The molecule has 2 saturated heterocycles. The van der Waals surface area contributed by atoms with E-state index in [4.69, 9.17) is 45.1 Å². The Labute approximate surface area is 292 Å².